The van der Waals surface area contributed by atoms with Crippen molar-refractivity contribution in [1.29, 1.82) is 0 Å². The molecule has 0 amide bonds. The highest BCUT2D eigenvalue weighted by atomic mass is 127. The number of aromatic nitrogens is 1. The molecule has 0 aliphatic heterocycles. The standard InChI is InChI=1S/C22H22Cl2IN3/c23-15-3-1-2-14(10-15)13-28-17-6-8-22(26,21(25)12-17)19-7-9-27-20-11-16(24)4-5-18(19)20/h1-5,7,9-11,17,21,28H,6,8,12-13,26H2. The van der Waals surface area contributed by atoms with Gasteiger partial charge in [0.2, 0.25) is 0 Å². The van der Waals surface area contributed by atoms with Crippen LogP contribution in [-0.4, -0.2) is 15.0 Å². The normalized spacial score (nSPS) is 25.1. The lowest BCUT2D eigenvalue weighted by molar-refractivity contribution is 0.271. The predicted molar refractivity (Wildman–Crippen MR) is 126 cm³/mol. The average Bonchev–Trinajstić information content (AvgIpc) is 2.68. The van der Waals surface area contributed by atoms with Gasteiger partial charge >= 0.3 is 0 Å². The van der Waals surface area contributed by atoms with E-state index in [1.807, 2.05) is 42.6 Å². The van der Waals surface area contributed by atoms with E-state index in [-0.39, 0.29) is 5.54 Å². The van der Waals surface area contributed by atoms with Crippen molar-refractivity contribution in [1.82, 2.24) is 10.3 Å². The monoisotopic (exact) mass is 525 g/mol. The van der Waals surface area contributed by atoms with Crippen molar-refractivity contribution in [3.63, 3.8) is 0 Å². The van der Waals surface area contributed by atoms with Gasteiger partial charge in [0.15, 0.2) is 0 Å². The van der Waals surface area contributed by atoms with Crippen LogP contribution in [0.25, 0.3) is 10.9 Å². The second-order valence-corrected chi connectivity index (χ2v) is 9.89. The lowest BCUT2D eigenvalue weighted by Gasteiger charge is -2.42. The van der Waals surface area contributed by atoms with Crippen LogP contribution in [0.4, 0.5) is 0 Å². The fourth-order valence-electron chi connectivity index (χ4n) is 4.07. The molecule has 1 aliphatic rings. The van der Waals surface area contributed by atoms with Gasteiger partial charge in [-0.15, -0.1) is 0 Å². The minimum absolute atomic E-state index is 0.317. The molecule has 3 nitrogen and oxygen atoms in total. The summed E-state index contributed by atoms with van der Waals surface area (Å²) in [6.45, 7) is 0.822. The molecule has 6 heteroatoms. The summed E-state index contributed by atoms with van der Waals surface area (Å²) in [6.07, 6.45) is 4.83. The van der Waals surface area contributed by atoms with Crippen LogP contribution in [0.1, 0.15) is 30.4 Å². The summed E-state index contributed by atoms with van der Waals surface area (Å²) in [5.74, 6) is 0. The maximum Gasteiger partial charge on any atom is 0.0720 e. The van der Waals surface area contributed by atoms with Crippen molar-refractivity contribution in [2.24, 2.45) is 5.73 Å². The molecule has 1 fully saturated rings. The zero-order valence-electron chi connectivity index (χ0n) is 15.3. The van der Waals surface area contributed by atoms with E-state index >= 15 is 0 Å². The molecule has 1 saturated carbocycles. The number of hydrogen-bond acceptors (Lipinski definition) is 3. The number of hydrogen-bond donors (Lipinski definition) is 2. The Hall–Kier alpha value is -0.920. The Balaban J connectivity index is 1.50. The highest BCUT2D eigenvalue weighted by molar-refractivity contribution is 14.1. The molecule has 146 valence electrons. The zero-order valence-corrected chi connectivity index (χ0v) is 19.0. The molecular formula is C22H22Cl2IN3. The molecule has 2 aromatic carbocycles. The molecule has 0 radical (unpaired) electrons. The minimum Gasteiger partial charge on any atom is -0.321 e. The molecule has 4 rings (SSSR count). The van der Waals surface area contributed by atoms with Crippen LogP contribution in [0, 0.1) is 0 Å². The van der Waals surface area contributed by atoms with Crippen LogP contribution in [0.3, 0.4) is 0 Å². The fraction of sp³-hybridized carbons (Fsp3) is 0.318. The van der Waals surface area contributed by atoms with Crippen molar-refractivity contribution in [3.8, 4) is 0 Å². The summed E-state index contributed by atoms with van der Waals surface area (Å²) in [6, 6.07) is 16.4. The molecule has 0 saturated heterocycles. The van der Waals surface area contributed by atoms with Gasteiger partial charge in [0.05, 0.1) is 11.1 Å². The van der Waals surface area contributed by atoms with Crippen LogP contribution in [0.15, 0.2) is 54.7 Å². The summed E-state index contributed by atoms with van der Waals surface area (Å²) in [5, 5.41) is 6.25. The first-order chi connectivity index (χ1) is 13.5. The van der Waals surface area contributed by atoms with E-state index in [9.17, 15) is 0 Å². The molecule has 3 unspecified atom stereocenters. The lowest BCUT2D eigenvalue weighted by Crippen LogP contribution is -2.52. The van der Waals surface area contributed by atoms with E-state index in [4.69, 9.17) is 28.9 Å². The Morgan fingerprint density at radius 2 is 1.96 bits per heavy atom. The number of fused-ring (bicyclic) bond motifs is 1. The van der Waals surface area contributed by atoms with E-state index in [1.165, 1.54) is 11.1 Å². The topological polar surface area (TPSA) is 50.9 Å². The number of nitrogens with one attached hydrogen (secondary N) is 1. The Labute approximate surface area is 189 Å². The summed E-state index contributed by atoms with van der Waals surface area (Å²) in [5.41, 5.74) is 9.91. The third-order valence-electron chi connectivity index (χ3n) is 5.65. The van der Waals surface area contributed by atoms with Gasteiger partial charge in [0, 0.05) is 38.1 Å². The van der Waals surface area contributed by atoms with Crippen molar-refractivity contribution < 1.29 is 0 Å². The van der Waals surface area contributed by atoms with Crippen molar-refractivity contribution in [2.45, 2.75) is 41.3 Å². The number of benzene rings is 2. The summed E-state index contributed by atoms with van der Waals surface area (Å²) in [7, 11) is 0. The Morgan fingerprint density at radius 3 is 2.75 bits per heavy atom. The second kappa shape index (κ2) is 8.44. The van der Waals surface area contributed by atoms with Gasteiger partial charge in [-0.2, -0.15) is 0 Å². The molecule has 0 bridgehead atoms. The maximum absolute atomic E-state index is 7.00. The fourth-order valence-corrected chi connectivity index (χ4v) is 5.71. The van der Waals surface area contributed by atoms with E-state index in [1.54, 1.807) is 0 Å². The molecule has 28 heavy (non-hydrogen) atoms. The van der Waals surface area contributed by atoms with E-state index < -0.39 is 0 Å². The molecule has 3 N–H and O–H groups in total. The molecular weight excluding hydrogens is 504 g/mol. The van der Waals surface area contributed by atoms with E-state index in [0.717, 1.165) is 41.7 Å². The summed E-state index contributed by atoms with van der Waals surface area (Å²) in [4.78, 5) is 4.47. The smallest absolute Gasteiger partial charge is 0.0720 e. The number of alkyl halides is 1. The molecule has 1 heterocycles. The molecule has 0 spiro atoms. The number of nitrogens with zero attached hydrogens (tertiary/aromatic N) is 1. The van der Waals surface area contributed by atoms with Gasteiger partial charge in [-0.3, -0.25) is 4.98 Å². The predicted octanol–water partition coefficient (Wildman–Crippen LogP) is 5.84. The first-order valence-electron chi connectivity index (χ1n) is 9.41. The van der Waals surface area contributed by atoms with Crippen LogP contribution in [0.2, 0.25) is 10.0 Å². The molecule has 3 aromatic rings. The number of pyridine rings is 1. The highest BCUT2D eigenvalue weighted by Gasteiger charge is 2.41. The molecule has 3 atom stereocenters. The van der Waals surface area contributed by atoms with Crippen LogP contribution in [-0.2, 0) is 12.1 Å². The summed E-state index contributed by atoms with van der Waals surface area (Å²) >= 11 is 14.8. The van der Waals surface area contributed by atoms with Crippen molar-refractivity contribution in [2.75, 3.05) is 0 Å². The largest absolute Gasteiger partial charge is 0.321 e. The quantitative estimate of drug-likeness (QED) is 0.332. The van der Waals surface area contributed by atoms with Gasteiger partial charge in [0.25, 0.3) is 0 Å². The minimum atomic E-state index is -0.371. The third-order valence-corrected chi connectivity index (χ3v) is 7.74. The van der Waals surface area contributed by atoms with Gasteiger partial charge in [-0.05, 0) is 60.7 Å². The SMILES string of the molecule is NC1(c2ccnc3cc(Cl)ccc23)CCC(NCc2cccc(Cl)c2)CC1I. The van der Waals surface area contributed by atoms with Gasteiger partial charge in [-0.1, -0.05) is 64.0 Å². The van der Waals surface area contributed by atoms with E-state index in [0.29, 0.717) is 15.0 Å². The number of rotatable bonds is 4. The second-order valence-electron chi connectivity index (χ2n) is 7.51. The van der Waals surface area contributed by atoms with Crippen molar-refractivity contribution in [3.05, 3.63) is 75.9 Å². The van der Waals surface area contributed by atoms with Gasteiger partial charge in [-0.25, -0.2) is 0 Å². The van der Waals surface area contributed by atoms with E-state index in [2.05, 4.69) is 45.0 Å². The lowest BCUT2D eigenvalue weighted by atomic mass is 9.74. The number of halogens is 3. The van der Waals surface area contributed by atoms with Crippen LogP contribution in [0.5, 0.6) is 0 Å². The Bertz CT molecular complexity index is 996. The van der Waals surface area contributed by atoms with Crippen LogP contribution < -0.4 is 11.1 Å². The highest BCUT2D eigenvalue weighted by Crippen LogP contribution is 2.42. The van der Waals surface area contributed by atoms with Crippen LogP contribution >= 0.6 is 45.8 Å². The molecule has 1 aromatic heterocycles. The third kappa shape index (κ3) is 4.17. The Kier molecular flexibility index (Phi) is 6.14. The van der Waals surface area contributed by atoms with Crippen molar-refractivity contribution >= 4 is 56.7 Å². The average molecular weight is 526 g/mol. The van der Waals surface area contributed by atoms with Gasteiger partial charge in [0.1, 0.15) is 0 Å². The van der Waals surface area contributed by atoms with Gasteiger partial charge < -0.3 is 11.1 Å². The first kappa shape index (κ1) is 20.4. The first-order valence-corrected chi connectivity index (χ1v) is 11.4. The number of nitrogens with two attached hydrogens (primary N) is 1. The summed E-state index contributed by atoms with van der Waals surface area (Å²) < 4.78 is 0.317. The Morgan fingerprint density at radius 1 is 1.14 bits per heavy atom. The molecule has 1 aliphatic carbocycles. The maximum atomic E-state index is 7.00. The zero-order chi connectivity index (χ0) is 19.7.